The second-order valence-corrected chi connectivity index (χ2v) is 10.1. The number of likely N-dealkylation sites (tertiary alicyclic amines) is 1. The summed E-state index contributed by atoms with van der Waals surface area (Å²) in [5, 5.41) is 10.6. The summed E-state index contributed by atoms with van der Waals surface area (Å²) >= 11 is 0. The van der Waals surface area contributed by atoms with E-state index >= 15 is 0 Å². The number of carboxylic acids is 1. The zero-order valence-electron chi connectivity index (χ0n) is 21.3. The lowest BCUT2D eigenvalue weighted by Gasteiger charge is -2.32. The van der Waals surface area contributed by atoms with Crippen LogP contribution in [-0.2, 0) is 13.1 Å². The summed E-state index contributed by atoms with van der Waals surface area (Å²) < 4.78 is 19.2. The second-order valence-electron chi connectivity index (χ2n) is 10.1. The molecule has 0 amide bonds. The van der Waals surface area contributed by atoms with Crippen LogP contribution in [0.1, 0.15) is 46.7 Å². The fraction of sp³-hybridized carbons (Fsp3) is 0.323. The summed E-state index contributed by atoms with van der Waals surface area (Å²) in [4.78, 5) is 13.7. The van der Waals surface area contributed by atoms with E-state index in [0.29, 0.717) is 18.1 Å². The molecule has 7 heteroatoms. The van der Waals surface area contributed by atoms with Gasteiger partial charge in [0.2, 0.25) is 6.79 Å². The molecule has 1 N–H and O–H groups in total. The van der Waals surface area contributed by atoms with Crippen molar-refractivity contribution in [2.24, 2.45) is 0 Å². The molecule has 0 aliphatic carbocycles. The molecule has 0 atom stereocenters. The first-order valence-electron chi connectivity index (χ1n) is 13.3. The molecule has 0 bridgehead atoms. The minimum Gasteiger partial charge on any atom is -0.493 e. The van der Waals surface area contributed by atoms with E-state index < -0.39 is 5.97 Å². The number of fused-ring (bicyclic) bond motifs is 2. The van der Waals surface area contributed by atoms with Crippen LogP contribution >= 0.6 is 0 Å². The van der Waals surface area contributed by atoms with E-state index in [9.17, 15) is 9.90 Å². The smallest absolute Gasteiger partial charge is 0.335 e. The Bertz CT molecular complexity index is 1440. The zero-order valence-corrected chi connectivity index (χ0v) is 21.3. The van der Waals surface area contributed by atoms with Gasteiger partial charge in [-0.2, -0.15) is 0 Å². The van der Waals surface area contributed by atoms with Crippen LogP contribution in [0.2, 0.25) is 0 Å². The van der Waals surface area contributed by atoms with Crippen LogP contribution < -0.4 is 14.2 Å². The number of para-hydroxylation sites is 1. The number of aryl methyl sites for hydroxylation is 1. The third kappa shape index (κ3) is 5.20. The number of carbonyl (C=O) groups is 1. The topological polar surface area (TPSA) is 73.2 Å². The Balaban J connectivity index is 1.07. The van der Waals surface area contributed by atoms with E-state index in [0.717, 1.165) is 68.3 Å². The summed E-state index contributed by atoms with van der Waals surface area (Å²) in [6, 6.07) is 21.7. The van der Waals surface area contributed by atoms with E-state index in [-0.39, 0.29) is 6.79 Å². The van der Waals surface area contributed by atoms with Crippen molar-refractivity contribution >= 4 is 16.9 Å². The molecule has 1 saturated heterocycles. The molecule has 3 aromatic carbocycles. The highest BCUT2D eigenvalue weighted by atomic mass is 16.7. The maximum Gasteiger partial charge on any atom is 0.335 e. The predicted octanol–water partition coefficient (Wildman–Crippen LogP) is 5.92. The maximum absolute atomic E-state index is 11.3. The summed E-state index contributed by atoms with van der Waals surface area (Å²) in [6.45, 7) is 4.59. The van der Waals surface area contributed by atoms with E-state index in [1.165, 1.54) is 16.5 Å². The van der Waals surface area contributed by atoms with Crippen molar-refractivity contribution in [1.29, 1.82) is 0 Å². The molecular weight excluding hydrogens is 480 g/mol. The van der Waals surface area contributed by atoms with Crippen molar-refractivity contribution in [3.05, 3.63) is 89.6 Å². The fourth-order valence-corrected chi connectivity index (χ4v) is 5.64. The molecule has 0 spiro atoms. The molecule has 6 rings (SSSR count). The Hall–Kier alpha value is -3.97. The number of benzene rings is 3. The molecule has 1 aromatic heterocycles. The zero-order chi connectivity index (χ0) is 25.9. The molecular formula is C31H32N2O5. The van der Waals surface area contributed by atoms with E-state index in [1.807, 2.05) is 30.3 Å². The average Bonchev–Trinajstić information content (AvgIpc) is 3.56. The first-order valence-corrected chi connectivity index (χ1v) is 13.3. The minimum absolute atomic E-state index is 0.265. The van der Waals surface area contributed by atoms with Crippen LogP contribution in [0.25, 0.3) is 10.9 Å². The summed E-state index contributed by atoms with van der Waals surface area (Å²) in [5.41, 5.74) is 4.12. The van der Waals surface area contributed by atoms with E-state index in [1.54, 1.807) is 12.1 Å². The molecule has 1 fully saturated rings. The monoisotopic (exact) mass is 512 g/mol. The Labute approximate surface area is 222 Å². The van der Waals surface area contributed by atoms with Gasteiger partial charge in [-0.15, -0.1) is 0 Å². The molecule has 0 saturated carbocycles. The average molecular weight is 513 g/mol. The number of carboxylic acid groups (broad SMARTS) is 1. The Morgan fingerprint density at radius 1 is 0.974 bits per heavy atom. The highest BCUT2D eigenvalue weighted by Gasteiger charge is 2.24. The molecule has 2 aliphatic heterocycles. The summed E-state index contributed by atoms with van der Waals surface area (Å²) in [7, 11) is 0. The molecule has 0 radical (unpaired) electrons. The standard InChI is InChI=1S/C31H32N2O5/c34-31(35)24-6-3-5-22(17-24)19-32-14-11-23(12-15-32)27-20-33(28-8-2-1-7-26(27)28)13-4-16-36-25-9-10-29-30(18-25)38-21-37-29/h1-3,5-10,17-18,20,23H,4,11-16,19,21H2,(H,34,35). The van der Waals surface area contributed by atoms with Gasteiger partial charge in [0.1, 0.15) is 5.75 Å². The van der Waals surface area contributed by atoms with Crippen molar-refractivity contribution in [3.63, 3.8) is 0 Å². The van der Waals surface area contributed by atoms with Crippen LogP contribution in [0.15, 0.2) is 72.9 Å². The Morgan fingerprint density at radius 2 is 1.82 bits per heavy atom. The van der Waals surface area contributed by atoms with Crippen molar-refractivity contribution in [2.45, 2.75) is 38.3 Å². The van der Waals surface area contributed by atoms with Crippen molar-refractivity contribution in [2.75, 3.05) is 26.5 Å². The van der Waals surface area contributed by atoms with Gasteiger partial charge in [-0.05, 0) is 79.7 Å². The lowest BCUT2D eigenvalue weighted by molar-refractivity contribution is 0.0696. The summed E-state index contributed by atoms with van der Waals surface area (Å²) in [5.74, 6) is 1.95. The van der Waals surface area contributed by atoms with Gasteiger partial charge in [-0.3, -0.25) is 4.90 Å². The normalized spacial score (nSPS) is 15.7. The number of ether oxygens (including phenoxy) is 3. The number of aromatic nitrogens is 1. The molecule has 7 nitrogen and oxygen atoms in total. The van der Waals surface area contributed by atoms with Gasteiger partial charge in [0.05, 0.1) is 12.2 Å². The predicted molar refractivity (Wildman–Crippen MR) is 145 cm³/mol. The van der Waals surface area contributed by atoms with Gasteiger partial charge in [-0.25, -0.2) is 4.79 Å². The van der Waals surface area contributed by atoms with Crippen LogP contribution in [0.5, 0.6) is 17.2 Å². The van der Waals surface area contributed by atoms with Gasteiger partial charge >= 0.3 is 5.97 Å². The number of hydrogen-bond donors (Lipinski definition) is 1. The van der Waals surface area contributed by atoms with Gasteiger partial charge in [0, 0.05) is 36.3 Å². The molecule has 0 unspecified atom stereocenters. The second kappa shape index (κ2) is 10.8. The Kier molecular flexibility index (Phi) is 6.92. The summed E-state index contributed by atoms with van der Waals surface area (Å²) in [6.07, 6.45) is 5.45. The van der Waals surface area contributed by atoms with Crippen LogP contribution in [-0.4, -0.2) is 47.0 Å². The third-order valence-electron chi connectivity index (χ3n) is 7.58. The van der Waals surface area contributed by atoms with E-state index in [2.05, 4.69) is 39.9 Å². The van der Waals surface area contributed by atoms with Crippen molar-refractivity contribution in [1.82, 2.24) is 9.47 Å². The molecule has 4 aromatic rings. The van der Waals surface area contributed by atoms with Gasteiger partial charge in [0.25, 0.3) is 0 Å². The number of nitrogens with zero attached hydrogens (tertiary/aromatic N) is 2. The van der Waals surface area contributed by atoms with Gasteiger partial charge in [-0.1, -0.05) is 30.3 Å². The number of piperidine rings is 1. The number of rotatable bonds is 9. The molecule has 38 heavy (non-hydrogen) atoms. The lowest BCUT2D eigenvalue weighted by atomic mass is 9.89. The third-order valence-corrected chi connectivity index (χ3v) is 7.58. The number of hydrogen-bond acceptors (Lipinski definition) is 5. The first-order chi connectivity index (χ1) is 18.6. The van der Waals surface area contributed by atoms with Crippen LogP contribution in [0, 0.1) is 0 Å². The minimum atomic E-state index is -0.874. The Morgan fingerprint density at radius 3 is 2.68 bits per heavy atom. The molecule has 196 valence electrons. The van der Waals surface area contributed by atoms with Crippen LogP contribution in [0.3, 0.4) is 0 Å². The number of aromatic carboxylic acids is 1. The maximum atomic E-state index is 11.3. The van der Waals surface area contributed by atoms with Crippen molar-refractivity contribution in [3.8, 4) is 17.2 Å². The van der Waals surface area contributed by atoms with Crippen molar-refractivity contribution < 1.29 is 24.1 Å². The quantitative estimate of drug-likeness (QED) is 0.281. The van der Waals surface area contributed by atoms with Gasteiger partial charge in [0.15, 0.2) is 11.5 Å². The fourth-order valence-electron chi connectivity index (χ4n) is 5.64. The van der Waals surface area contributed by atoms with E-state index in [4.69, 9.17) is 14.2 Å². The highest BCUT2D eigenvalue weighted by molar-refractivity contribution is 5.87. The van der Waals surface area contributed by atoms with Gasteiger partial charge < -0.3 is 23.9 Å². The molecule has 3 heterocycles. The molecule has 2 aliphatic rings. The van der Waals surface area contributed by atoms with Crippen LogP contribution in [0.4, 0.5) is 0 Å². The lowest BCUT2D eigenvalue weighted by Crippen LogP contribution is -2.32. The largest absolute Gasteiger partial charge is 0.493 e. The highest BCUT2D eigenvalue weighted by Crippen LogP contribution is 2.36. The SMILES string of the molecule is O=C(O)c1cccc(CN2CCC(c3cn(CCCOc4ccc5c(c4)OCO5)c4ccccc34)CC2)c1. The first kappa shape index (κ1) is 24.4.